The summed E-state index contributed by atoms with van der Waals surface area (Å²) < 4.78 is 12.1. The molecule has 0 spiro atoms. The van der Waals surface area contributed by atoms with E-state index in [0.29, 0.717) is 13.0 Å². The minimum atomic E-state index is -0.359. The molecule has 2 aromatic rings. The Morgan fingerprint density at radius 1 is 1.24 bits per heavy atom. The lowest BCUT2D eigenvalue weighted by Crippen LogP contribution is -2.37. The lowest BCUT2D eigenvalue weighted by Gasteiger charge is -2.35. The molecule has 2 heterocycles. The number of rotatable bonds is 6. The quantitative estimate of drug-likeness (QED) is 0.749. The fourth-order valence-electron chi connectivity index (χ4n) is 3.60. The maximum absolute atomic E-state index is 11.7. The zero-order valence-electron chi connectivity index (χ0n) is 16.1. The van der Waals surface area contributed by atoms with Crippen LogP contribution in [0, 0.1) is 0 Å². The van der Waals surface area contributed by atoms with E-state index < -0.39 is 0 Å². The summed E-state index contributed by atoms with van der Waals surface area (Å²) in [7, 11) is 0. The van der Waals surface area contributed by atoms with Crippen LogP contribution in [-0.2, 0) is 17.6 Å². The molecule has 6 nitrogen and oxygen atoms in total. The largest absolute Gasteiger partial charge is 0.508 e. The van der Waals surface area contributed by atoms with Crippen LogP contribution in [0.25, 0.3) is 0 Å². The number of phenols is 1. The fourth-order valence-corrected chi connectivity index (χ4v) is 4.46. The number of nitrogens with one attached hydrogen (secondary N) is 1. The van der Waals surface area contributed by atoms with E-state index in [0.717, 1.165) is 53.7 Å². The van der Waals surface area contributed by atoms with Crippen molar-refractivity contribution in [3.05, 3.63) is 53.6 Å². The van der Waals surface area contributed by atoms with Gasteiger partial charge in [0.25, 0.3) is 5.24 Å². The molecular formula is C22H23NO5S. The molecule has 2 unspecified atom stereocenters. The van der Waals surface area contributed by atoms with E-state index in [4.69, 9.17) is 9.47 Å². The molecule has 2 aromatic carbocycles. The van der Waals surface area contributed by atoms with Gasteiger partial charge < -0.3 is 14.6 Å². The van der Waals surface area contributed by atoms with Crippen LogP contribution >= 0.6 is 11.8 Å². The van der Waals surface area contributed by atoms with Crippen molar-refractivity contribution in [3.63, 3.8) is 0 Å². The summed E-state index contributed by atoms with van der Waals surface area (Å²) >= 11 is 1.04. The highest BCUT2D eigenvalue weighted by molar-refractivity contribution is 8.15. The number of benzene rings is 2. The van der Waals surface area contributed by atoms with Gasteiger partial charge in [0.2, 0.25) is 5.91 Å². The number of thioether (sulfide) groups is 1. The lowest BCUT2D eigenvalue weighted by molar-refractivity contribution is -0.118. The van der Waals surface area contributed by atoms with Crippen molar-refractivity contribution in [1.29, 1.82) is 0 Å². The molecule has 0 bridgehead atoms. The van der Waals surface area contributed by atoms with E-state index in [1.54, 1.807) is 12.1 Å². The van der Waals surface area contributed by atoms with Gasteiger partial charge in [-0.25, -0.2) is 0 Å². The van der Waals surface area contributed by atoms with E-state index in [9.17, 15) is 14.7 Å². The third-order valence-electron chi connectivity index (χ3n) is 5.33. The SMILES string of the molecule is CC1(CCOc2ccc(CC3SC(=O)NC3=O)cc2)CCc2cc(O)ccc2O1. The molecule has 2 amide bonds. The van der Waals surface area contributed by atoms with Crippen molar-refractivity contribution >= 4 is 22.9 Å². The number of ether oxygens (including phenoxy) is 2. The van der Waals surface area contributed by atoms with Gasteiger partial charge in [-0.3, -0.25) is 14.9 Å². The Hall–Kier alpha value is -2.67. The summed E-state index contributed by atoms with van der Waals surface area (Å²) in [6.45, 7) is 2.61. The van der Waals surface area contributed by atoms with Gasteiger partial charge in [-0.2, -0.15) is 0 Å². The first-order chi connectivity index (χ1) is 13.9. The second kappa shape index (κ2) is 7.99. The molecule has 4 rings (SSSR count). The van der Waals surface area contributed by atoms with Crippen LogP contribution in [0.4, 0.5) is 4.79 Å². The molecule has 29 heavy (non-hydrogen) atoms. The molecule has 2 N–H and O–H groups in total. The van der Waals surface area contributed by atoms with E-state index in [2.05, 4.69) is 12.2 Å². The molecule has 152 valence electrons. The van der Waals surface area contributed by atoms with E-state index >= 15 is 0 Å². The molecular weight excluding hydrogens is 390 g/mol. The van der Waals surface area contributed by atoms with Crippen molar-refractivity contribution in [2.24, 2.45) is 0 Å². The summed E-state index contributed by atoms with van der Waals surface area (Å²) in [6.07, 6.45) is 3.00. The van der Waals surface area contributed by atoms with Gasteiger partial charge in [0.1, 0.15) is 22.8 Å². The van der Waals surface area contributed by atoms with Crippen molar-refractivity contribution in [2.75, 3.05) is 6.61 Å². The van der Waals surface area contributed by atoms with Crippen LogP contribution in [0.2, 0.25) is 0 Å². The van der Waals surface area contributed by atoms with E-state index in [-0.39, 0.29) is 27.7 Å². The average molecular weight is 413 g/mol. The van der Waals surface area contributed by atoms with Crippen LogP contribution < -0.4 is 14.8 Å². The maximum atomic E-state index is 11.7. The summed E-state index contributed by atoms with van der Waals surface area (Å²) in [5.41, 5.74) is 1.72. The molecule has 0 aromatic heterocycles. The molecule has 2 aliphatic rings. The summed E-state index contributed by atoms with van der Waals surface area (Å²) in [5.74, 6) is 1.63. The first kappa shape index (κ1) is 19.6. The molecule has 2 aliphatic heterocycles. The molecule has 1 saturated heterocycles. The van der Waals surface area contributed by atoms with E-state index in [1.165, 1.54) is 0 Å². The van der Waals surface area contributed by atoms with Crippen molar-refractivity contribution < 1.29 is 24.2 Å². The van der Waals surface area contributed by atoms with Gasteiger partial charge in [0, 0.05) is 6.42 Å². The second-order valence-electron chi connectivity index (χ2n) is 7.67. The summed E-state index contributed by atoms with van der Waals surface area (Å²) in [4.78, 5) is 22.9. The molecule has 0 saturated carbocycles. The number of hydrogen-bond donors (Lipinski definition) is 2. The van der Waals surface area contributed by atoms with Gasteiger partial charge in [-0.15, -0.1) is 0 Å². The van der Waals surface area contributed by atoms with Gasteiger partial charge >= 0.3 is 0 Å². The Labute approximate surface area is 173 Å². The number of fused-ring (bicyclic) bond motifs is 1. The maximum Gasteiger partial charge on any atom is 0.286 e. The van der Waals surface area contributed by atoms with Crippen LogP contribution in [0.15, 0.2) is 42.5 Å². The summed E-state index contributed by atoms with van der Waals surface area (Å²) in [6, 6.07) is 12.8. The van der Waals surface area contributed by atoms with Crippen LogP contribution in [-0.4, -0.2) is 33.7 Å². The van der Waals surface area contributed by atoms with Crippen molar-refractivity contribution in [3.8, 4) is 17.2 Å². The van der Waals surface area contributed by atoms with Gasteiger partial charge in [0.15, 0.2) is 0 Å². The number of phenolic OH excluding ortho intramolecular Hbond substituents is 1. The molecule has 0 aliphatic carbocycles. The smallest absolute Gasteiger partial charge is 0.286 e. The third kappa shape index (κ3) is 4.67. The summed E-state index contributed by atoms with van der Waals surface area (Å²) in [5, 5.41) is 11.3. The Bertz CT molecular complexity index is 929. The number of hydrogen-bond acceptors (Lipinski definition) is 6. The third-order valence-corrected chi connectivity index (χ3v) is 6.32. The standard InChI is InChI=1S/C22H23NO5S/c1-22(9-8-15-13-16(24)4-7-18(15)28-22)10-11-27-17-5-2-14(3-6-17)12-19-20(25)23-21(26)29-19/h2-7,13,19,24H,8-12H2,1H3,(H,23,25,26). The van der Waals surface area contributed by atoms with Gasteiger partial charge in [-0.05, 0) is 67.6 Å². The first-order valence-electron chi connectivity index (χ1n) is 9.64. The number of aromatic hydroxyl groups is 1. The Kier molecular flexibility index (Phi) is 5.41. The highest BCUT2D eigenvalue weighted by Crippen LogP contribution is 2.36. The minimum absolute atomic E-state index is 0.224. The average Bonchev–Trinajstić information content (AvgIpc) is 3.00. The van der Waals surface area contributed by atoms with Gasteiger partial charge in [-0.1, -0.05) is 23.9 Å². The number of carbonyl (C=O) groups excluding carboxylic acids is 2. The second-order valence-corrected chi connectivity index (χ2v) is 8.85. The van der Waals surface area contributed by atoms with Crippen molar-refractivity contribution in [2.45, 2.75) is 43.5 Å². The Morgan fingerprint density at radius 3 is 2.76 bits per heavy atom. The number of imide groups is 1. The minimum Gasteiger partial charge on any atom is -0.508 e. The highest BCUT2D eigenvalue weighted by atomic mass is 32.2. The lowest BCUT2D eigenvalue weighted by atomic mass is 9.90. The fraction of sp³-hybridized carbons (Fsp3) is 0.364. The zero-order chi connectivity index (χ0) is 20.4. The predicted octanol–water partition coefficient (Wildman–Crippen LogP) is 3.84. The Balaban J connectivity index is 1.28. The van der Waals surface area contributed by atoms with Crippen LogP contribution in [0.1, 0.15) is 30.9 Å². The molecule has 0 radical (unpaired) electrons. The zero-order valence-corrected chi connectivity index (χ0v) is 17.0. The van der Waals surface area contributed by atoms with Crippen molar-refractivity contribution in [1.82, 2.24) is 5.32 Å². The molecule has 1 fully saturated rings. The first-order valence-corrected chi connectivity index (χ1v) is 10.5. The molecule has 2 atom stereocenters. The van der Waals surface area contributed by atoms with E-state index in [1.807, 2.05) is 30.3 Å². The van der Waals surface area contributed by atoms with Gasteiger partial charge in [0.05, 0.1) is 11.9 Å². The number of aryl methyl sites for hydroxylation is 1. The van der Waals surface area contributed by atoms with Crippen LogP contribution in [0.5, 0.6) is 17.2 Å². The topological polar surface area (TPSA) is 84.9 Å². The monoisotopic (exact) mass is 413 g/mol. The predicted molar refractivity (Wildman–Crippen MR) is 111 cm³/mol. The normalized spacial score (nSPS) is 23.3. The number of carbonyl (C=O) groups is 2. The van der Waals surface area contributed by atoms with Crippen LogP contribution in [0.3, 0.4) is 0 Å². The molecule has 7 heteroatoms. The highest BCUT2D eigenvalue weighted by Gasteiger charge is 2.32. The number of amides is 2. The Morgan fingerprint density at radius 2 is 2.03 bits per heavy atom.